The Bertz CT molecular complexity index is 1280. The van der Waals surface area contributed by atoms with Gasteiger partial charge in [0.15, 0.2) is 0 Å². The molecule has 6 nitrogen and oxygen atoms in total. The average molecular weight is 423 g/mol. The van der Waals surface area contributed by atoms with Gasteiger partial charge >= 0.3 is 0 Å². The summed E-state index contributed by atoms with van der Waals surface area (Å²) in [7, 11) is -3.87. The van der Waals surface area contributed by atoms with Crippen LogP contribution in [0.4, 0.5) is 11.6 Å². The number of sulfonamides is 1. The second-order valence-electron chi connectivity index (χ2n) is 6.33. The minimum atomic E-state index is -3.87. The highest BCUT2D eigenvalue weighted by Gasteiger charge is 2.16. The molecule has 0 aliphatic heterocycles. The molecule has 3 aromatic carbocycles. The van der Waals surface area contributed by atoms with Crippen LogP contribution in [0.3, 0.4) is 0 Å². The molecule has 8 heteroatoms. The molecule has 0 aliphatic rings. The molecule has 0 unspecified atom stereocenters. The molecule has 0 aliphatic carbocycles. The van der Waals surface area contributed by atoms with E-state index in [1.165, 1.54) is 0 Å². The summed E-state index contributed by atoms with van der Waals surface area (Å²) < 4.78 is 35.9. The van der Waals surface area contributed by atoms with E-state index in [1.54, 1.807) is 28.8 Å². The summed E-state index contributed by atoms with van der Waals surface area (Å²) in [4.78, 5) is 0.406. The van der Waals surface area contributed by atoms with Gasteiger partial charge in [0.1, 0.15) is 0 Å². The van der Waals surface area contributed by atoms with Crippen molar-refractivity contribution in [3.05, 3.63) is 95.3 Å². The molecular weight excluding hydrogens is 404 g/mol. The maximum atomic E-state index is 12.8. The number of anilines is 2. The van der Waals surface area contributed by atoms with Crippen molar-refractivity contribution in [1.29, 1.82) is 0 Å². The fraction of sp³-hybridized carbons (Fsp3) is 0.0476. The standard InChI is InChI=1S/C21H18N4O2S2/c1-16-12-14-19(15-13-16)29(26,27)24-21-25(18-10-6-3-7-11-18)20(23-28-21)22-17-8-4-2-5-9-17/h2-15H,1H3,(H,22,23)/b24-21+. The van der Waals surface area contributed by atoms with Crippen LogP contribution in [0.2, 0.25) is 0 Å². The molecule has 4 aromatic rings. The quantitative estimate of drug-likeness (QED) is 0.521. The summed E-state index contributed by atoms with van der Waals surface area (Å²) in [6.07, 6.45) is 0. The molecule has 0 fully saturated rings. The molecule has 1 heterocycles. The molecule has 4 rings (SSSR count). The normalized spacial score (nSPS) is 12.1. The molecule has 0 atom stereocenters. The van der Waals surface area contributed by atoms with Crippen LogP contribution in [0.5, 0.6) is 0 Å². The van der Waals surface area contributed by atoms with Gasteiger partial charge in [0.05, 0.1) is 10.6 Å². The summed E-state index contributed by atoms with van der Waals surface area (Å²) in [5, 5.41) is 3.23. The first-order valence-corrected chi connectivity index (χ1v) is 11.1. The fourth-order valence-electron chi connectivity index (χ4n) is 2.72. The van der Waals surface area contributed by atoms with Gasteiger partial charge in [-0.1, -0.05) is 54.1 Å². The van der Waals surface area contributed by atoms with Gasteiger partial charge < -0.3 is 5.32 Å². The van der Waals surface area contributed by atoms with Crippen LogP contribution in [-0.4, -0.2) is 17.4 Å². The largest absolute Gasteiger partial charge is 0.325 e. The van der Waals surface area contributed by atoms with E-state index >= 15 is 0 Å². The Morgan fingerprint density at radius 3 is 2.17 bits per heavy atom. The SMILES string of the molecule is Cc1ccc(S(=O)(=O)/N=c2/snc(Nc3ccccc3)n2-c2ccccc2)cc1. The van der Waals surface area contributed by atoms with E-state index in [4.69, 9.17) is 0 Å². The number of aromatic nitrogens is 2. The van der Waals surface area contributed by atoms with Gasteiger partial charge in [-0.15, -0.1) is 4.40 Å². The van der Waals surface area contributed by atoms with Crippen molar-refractivity contribution >= 4 is 33.2 Å². The highest BCUT2D eigenvalue weighted by Crippen LogP contribution is 2.19. The van der Waals surface area contributed by atoms with Crippen LogP contribution in [0.25, 0.3) is 5.69 Å². The lowest BCUT2D eigenvalue weighted by Crippen LogP contribution is -2.17. The van der Waals surface area contributed by atoms with E-state index in [0.29, 0.717) is 5.95 Å². The zero-order valence-corrected chi connectivity index (χ0v) is 17.2. The molecule has 0 saturated carbocycles. The predicted octanol–water partition coefficient (Wildman–Crippen LogP) is 4.28. The lowest BCUT2D eigenvalue weighted by atomic mass is 10.2. The first kappa shape index (κ1) is 19.1. The third kappa shape index (κ3) is 4.28. The Hall–Kier alpha value is -3.23. The molecule has 0 radical (unpaired) electrons. The summed E-state index contributed by atoms with van der Waals surface area (Å²) in [6.45, 7) is 1.90. The second-order valence-corrected chi connectivity index (χ2v) is 8.66. The number of nitrogens with one attached hydrogen (secondary N) is 1. The number of hydrogen-bond acceptors (Lipinski definition) is 5. The van der Waals surface area contributed by atoms with Crippen LogP contribution in [0.15, 0.2) is 94.2 Å². The van der Waals surface area contributed by atoms with E-state index in [-0.39, 0.29) is 9.70 Å². The van der Waals surface area contributed by atoms with Crippen molar-refractivity contribution in [3.8, 4) is 5.69 Å². The van der Waals surface area contributed by atoms with Crippen molar-refractivity contribution in [3.63, 3.8) is 0 Å². The van der Waals surface area contributed by atoms with E-state index in [1.807, 2.05) is 67.6 Å². The molecule has 1 aromatic heterocycles. The van der Waals surface area contributed by atoms with Gasteiger partial charge in [-0.3, -0.25) is 4.57 Å². The lowest BCUT2D eigenvalue weighted by molar-refractivity contribution is 0.596. The number of para-hydroxylation sites is 2. The Labute approximate surface area is 173 Å². The van der Waals surface area contributed by atoms with Gasteiger partial charge in [0.2, 0.25) is 10.7 Å². The lowest BCUT2D eigenvalue weighted by Gasteiger charge is -2.09. The fourth-order valence-corrected chi connectivity index (χ4v) is 4.59. The van der Waals surface area contributed by atoms with Crippen LogP contribution in [-0.2, 0) is 10.0 Å². The molecule has 0 spiro atoms. The maximum Gasteiger partial charge on any atom is 0.285 e. The predicted molar refractivity (Wildman–Crippen MR) is 115 cm³/mol. The molecule has 0 saturated heterocycles. The summed E-state index contributed by atoms with van der Waals surface area (Å²) >= 11 is 1.02. The zero-order chi connectivity index (χ0) is 20.3. The molecule has 0 amide bonds. The molecular formula is C21H18N4O2S2. The summed E-state index contributed by atoms with van der Waals surface area (Å²) in [5.41, 5.74) is 2.59. The van der Waals surface area contributed by atoms with Crippen LogP contribution in [0.1, 0.15) is 5.56 Å². The number of nitrogens with zero attached hydrogens (tertiary/aromatic N) is 3. The van der Waals surface area contributed by atoms with Gasteiger partial charge in [0, 0.05) is 17.2 Å². The van der Waals surface area contributed by atoms with E-state index in [2.05, 4.69) is 14.1 Å². The first-order chi connectivity index (χ1) is 14.0. The molecule has 1 N–H and O–H groups in total. The van der Waals surface area contributed by atoms with Gasteiger partial charge in [-0.2, -0.15) is 12.8 Å². The van der Waals surface area contributed by atoms with Crippen LogP contribution in [0, 0.1) is 6.92 Å². The molecule has 29 heavy (non-hydrogen) atoms. The summed E-state index contributed by atoms with van der Waals surface area (Å²) in [6, 6.07) is 25.6. The molecule has 146 valence electrons. The topological polar surface area (TPSA) is 76.3 Å². The summed E-state index contributed by atoms with van der Waals surface area (Å²) in [5.74, 6) is 0.491. The van der Waals surface area contributed by atoms with Crippen molar-refractivity contribution < 1.29 is 8.42 Å². The highest BCUT2D eigenvalue weighted by molar-refractivity contribution is 7.90. The zero-order valence-electron chi connectivity index (χ0n) is 15.6. The molecule has 0 bridgehead atoms. The minimum absolute atomic E-state index is 0.147. The van der Waals surface area contributed by atoms with Gasteiger partial charge in [-0.25, -0.2) is 0 Å². The Morgan fingerprint density at radius 2 is 1.52 bits per heavy atom. The Morgan fingerprint density at radius 1 is 0.897 bits per heavy atom. The third-order valence-corrected chi connectivity index (χ3v) is 6.28. The van der Waals surface area contributed by atoms with E-state index < -0.39 is 10.0 Å². The van der Waals surface area contributed by atoms with Crippen LogP contribution < -0.4 is 10.1 Å². The second kappa shape index (κ2) is 8.02. The maximum absolute atomic E-state index is 12.8. The van der Waals surface area contributed by atoms with E-state index in [0.717, 1.165) is 28.5 Å². The van der Waals surface area contributed by atoms with Crippen molar-refractivity contribution in [1.82, 2.24) is 8.94 Å². The van der Waals surface area contributed by atoms with Crippen molar-refractivity contribution in [2.45, 2.75) is 11.8 Å². The third-order valence-electron chi connectivity index (χ3n) is 4.18. The van der Waals surface area contributed by atoms with Crippen LogP contribution >= 0.6 is 11.5 Å². The number of rotatable bonds is 5. The van der Waals surface area contributed by atoms with Crippen molar-refractivity contribution in [2.75, 3.05) is 5.32 Å². The monoisotopic (exact) mass is 422 g/mol. The Kier molecular flexibility index (Phi) is 5.28. The number of aryl methyl sites for hydroxylation is 1. The van der Waals surface area contributed by atoms with E-state index in [9.17, 15) is 8.42 Å². The Balaban J connectivity index is 1.85. The average Bonchev–Trinajstić information content (AvgIpc) is 3.11. The smallest absolute Gasteiger partial charge is 0.285 e. The van der Waals surface area contributed by atoms with Crippen molar-refractivity contribution in [2.24, 2.45) is 4.40 Å². The first-order valence-electron chi connectivity index (χ1n) is 8.87. The highest BCUT2D eigenvalue weighted by atomic mass is 32.2. The number of hydrogen-bond donors (Lipinski definition) is 1. The van der Waals surface area contributed by atoms with Gasteiger partial charge in [0.25, 0.3) is 10.0 Å². The minimum Gasteiger partial charge on any atom is -0.325 e. The van der Waals surface area contributed by atoms with Gasteiger partial charge in [-0.05, 0) is 43.3 Å². The number of benzene rings is 3.